The molecule has 17 heavy (non-hydrogen) atoms. The third kappa shape index (κ3) is 2.82. The van der Waals surface area contributed by atoms with Crippen molar-refractivity contribution < 1.29 is 9.53 Å². The minimum absolute atomic E-state index is 0.113. The predicted octanol–water partition coefficient (Wildman–Crippen LogP) is 1.04. The van der Waals surface area contributed by atoms with E-state index < -0.39 is 5.97 Å². The Morgan fingerprint density at radius 3 is 3.12 bits per heavy atom. The molecule has 2 unspecified atom stereocenters. The Morgan fingerprint density at radius 2 is 2.41 bits per heavy atom. The molecule has 2 heterocycles. The number of ether oxygens (including phenoxy) is 1. The Balaban J connectivity index is 2.04. The van der Waals surface area contributed by atoms with Crippen molar-refractivity contribution in [1.29, 1.82) is 0 Å². The molecule has 0 radical (unpaired) electrons. The van der Waals surface area contributed by atoms with E-state index in [1.54, 1.807) is 6.92 Å². The monoisotopic (exact) mass is 238 g/mol. The summed E-state index contributed by atoms with van der Waals surface area (Å²) in [5, 5.41) is 10.1. The van der Waals surface area contributed by atoms with Crippen molar-refractivity contribution in [3.63, 3.8) is 0 Å². The van der Waals surface area contributed by atoms with Crippen molar-refractivity contribution in [3.05, 3.63) is 11.6 Å². The molecule has 0 bridgehead atoms. The van der Waals surface area contributed by atoms with Crippen LogP contribution in [0, 0.1) is 5.92 Å². The van der Waals surface area contributed by atoms with E-state index in [1.807, 2.05) is 0 Å². The summed E-state index contributed by atoms with van der Waals surface area (Å²) in [6, 6.07) is 0.162. The number of piperidine rings is 1. The molecule has 1 aliphatic rings. The lowest BCUT2D eigenvalue weighted by Gasteiger charge is -2.26. The zero-order valence-corrected chi connectivity index (χ0v) is 10.2. The molecule has 2 rings (SSSR count). The minimum atomic E-state index is -0.473. The molecule has 1 saturated heterocycles. The summed E-state index contributed by atoms with van der Waals surface area (Å²) in [5.74, 6) is 1.03. The molecular formula is C11H18N4O2. The molecule has 6 heteroatoms. The van der Waals surface area contributed by atoms with Crippen molar-refractivity contribution in [2.75, 3.05) is 13.2 Å². The molecule has 0 aliphatic carbocycles. The molecular weight excluding hydrogens is 220 g/mol. The Bertz CT molecular complexity index is 391. The summed E-state index contributed by atoms with van der Waals surface area (Å²) >= 11 is 0. The predicted molar refractivity (Wildman–Crippen MR) is 61.5 cm³/mol. The largest absolute Gasteiger partial charge is 0.460 e. The van der Waals surface area contributed by atoms with Gasteiger partial charge in [0.15, 0.2) is 0 Å². The van der Waals surface area contributed by atoms with E-state index in [1.165, 1.54) is 6.42 Å². The van der Waals surface area contributed by atoms with Crippen LogP contribution in [-0.2, 0) is 4.74 Å². The Labute approximate surface area is 100 Å². The number of carbonyl (C=O) groups excluding carboxylic acids is 1. The summed E-state index contributed by atoms with van der Waals surface area (Å²) < 4.78 is 4.85. The van der Waals surface area contributed by atoms with Gasteiger partial charge in [-0.1, -0.05) is 6.92 Å². The van der Waals surface area contributed by atoms with Gasteiger partial charge in [-0.15, -0.1) is 5.10 Å². The highest BCUT2D eigenvalue weighted by molar-refractivity contribution is 5.84. The van der Waals surface area contributed by atoms with E-state index >= 15 is 0 Å². The molecule has 6 nitrogen and oxygen atoms in total. The number of esters is 1. The fourth-order valence-electron chi connectivity index (χ4n) is 2.03. The second kappa shape index (κ2) is 5.27. The van der Waals surface area contributed by atoms with Gasteiger partial charge in [-0.25, -0.2) is 9.78 Å². The number of hydrogen-bond acceptors (Lipinski definition) is 5. The maximum absolute atomic E-state index is 11.4. The van der Waals surface area contributed by atoms with E-state index in [4.69, 9.17) is 4.74 Å². The number of nitrogens with zero attached hydrogens (tertiary/aromatic N) is 2. The number of H-pyrrole nitrogens is 1. The third-order valence-electron chi connectivity index (χ3n) is 2.96. The lowest BCUT2D eigenvalue weighted by atomic mass is 9.94. The van der Waals surface area contributed by atoms with Crippen molar-refractivity contribution >= 4 is 5.97 Å². The number of aromatic amines is 1. The van der Waals surface area contributed by atoms with E-state index in [0.29, 0.717) is 12.5 Å². The van der Waals surface area contributed by atoms with Gasteiger partial charge in [-0.2, -0.15) is 0 Å². The van der Waals surface area contributed by atoms with Crippen molar-refractivity contribution in [2.24, 2.45) is 5.92 Å². The molecule has 1 aromatic heterocycles. The molecule has 0 aromatic carbocycles. The molecule has 0 saturated carbocycles. The highest BCUT2D eigenvalue weighted by Gasteiger charge is 2.24. The molecule has 1 aliphatic heterocycles. The van der Waals surface area contributed by atoms with Crippen LogP contribution in [0.15, 0.2) is 0 Å². The highest BCUT2D eigenvalue weighted by Crippen LogP contribution is 2.24. The number of carbonyl (C=O) groups is 1. The number of nitrogens with one attached hydrogen (secondary N) is 2. The molecule has 2 N–H and O–H groups in total. The normalized spacial score (nSPS) is 24.6. The second-order valence-electron chi connectivity index (χ2n) is 4.40. The van der Waals surface area contributed by atoms with Crippen LogP contribution in [0.5, 0.6) is 0 Å². The average Bonchev–Trinajstić information content (AvgIpc) is 2.78. The van der Waals surface area contributed by atoms with Crippen molar-refractivity contribution in [1.82, 2.24) is 20.5 Å². The first kappa shape index (κ1) is 12.0. The van der Waals surface area contributed by atoms with Crippen LogP contribution in [0.3, 0.4) is 0 Å². The fourth-order valence-corrected chi connectivity index (χ4v) is 2.03. The maximum Gasteiger partial charge on any atom is 0.378 e. The van der Waals surface area contributed by atoms with Gasteiger partial charge in [0.2, 0.25) is 0 Å². The Hall–Kier alpha value is -1.43. The summed E-state index contributed by atoms with van der Waals surface area (Å²) in [6.45, 7) is 5.29. The zero-order chi connectivity index (χ0) is 12.3. The zero-order valence-electron chi connectivity index (χ0n) is 10.2. The molecule has 1 aromatic rings. The summed E-state index contributed by atoms with van der Waals surface area (Å²) in [5.41, 5.74) is 0. The van der Waals surface area contributed by atoms with Crippen LogP contribution in [0.1, 0.15) is 49.2 Å². The van der Waals surface area contributed by atoms with Crippen LogP contribution in [-0.4, -0.2) is 34.3 Å². The van der Waals surface area contributed by atoms with Gasteiger partial charge in [0.1, 0.15) is 5.82 Å². The van der Waals surface area contributed by atoms with Crippen LogP contribution in [0.2, 0.25) is 0 Å². The summed E-state index contributed by atoms with van der Waals surface area (Å²) in [4.78, 5) is 15.6. The van der Waals surface area contributed by atoms with Gasteiger partial charge in [0, 0.05) is 0 Å². The summed E-state index contributed by atoms with van der Waals surface area (Å²) in [7, 11) is 0. The fraction of sp³-hybridized carbons (Fsp3) is 0.727. The second-order valence-corrected chi connectivity index (χ2v) is 4.40. The first-order chi connectivity index (χ1) is 8.20. The van der Waals surface area contributed by atoms with Gasteiger partial charge in [-0.3, -0.25) is 5.10 Å². The van der Waals surface area contributed by atoms with Gasteiger partial charge in [-0.05, 0) is 32.2 Å². The third-order valence-corrected chi connectivity index (χ3v) is 2.96. The number of rotatable bonds is 3. The van der Waals surface area contributed by atoms with Gasteiger partial charge < -0.3 is 10.1 Å². The quantitative estimate of drug-likeness (QED) is 0.769. The first-order valence-corrected chi connectivity index (χ1v) is 6.03. The lowest BCUT2D eigenvalue weighted by Crippen LogP contribution is -2.31. The van der Waals surface area contributed by atoms with Crippen molar-refractivity contribution in [3.8, 4) is 0 Å². The molecule has 0 spiro atoms. The first-order valence-electron chi connectivity index (χ1n) is 6.03. The Morgan fingerprint density at radius 1 is 1.59 bits per heavy atom. The van der Waals surface area contributed by atoms with E-state index in [2.05, 4.69) is 27.4 Å². The molecule has 2 atom stereocenters. The van der Waals surface area contributed by atoms with E-state index in [-0.39, 0.29) is 11.9 Å². The smallest absolute Gasteiger partial charge is 0.378 e. The number of aromatic nitrogens is 3. The van der Waals surface area contributed by atoms with E-state index in [0.717, 1.165) is 18.8 Å². The van der Waals surface area contributed by atoms with Crippen LogP contribution in [0.25, 0.3) is 0 Å². The molecule has 94 valence electrons. The minimum Gasteiger partial charge on any atom is -0.460 e. The van der Waals surface area contributed by atoms with E-state index in [9.17, 15) is 4.79 Å². The maximum atomic E-state index is 11.4. The van der Waals surface area contributed by atoms with Crippen LogP contribution in [0.4, 0.5) is 0 Å². The molecule has 0 amide bonds. The standard InChI is InChI=1S/C11H18N4O2/c1-3-17-11(16)10-13-9(14-15-10)8-6-7(2)4-5-12-8/h7-8,12H,3-6H2,1-2H3,(H,13,14,15). The van der Waals surface area contributed by atoms with Gasteiger partial charge in [0.25, 0.3) is 5.82 Å². The Kier molecular flexibility index (Phi) is 3.73. The average molecular weight is 238 g/mol. The van der Waals surface area contributed by atoms with Crippen molar-refractivity contribution in [2.45, 2.75) is 32.7 Å². The number of hydrogen-bond donors (Lipinski definition) is 2. The topological polar surface area (TPSA) is 79.9 Å². The van der Waals surface area contributed by atoms with Crippen LogP contribution >= 0.6 is 0 Å². The van der Waals surface area contributed by atoms with Gasteiger partial charge in [0.05, 0.1) is 12.6 Å². The van der Waals surface area contributed by atoms with Crippen LogP contribution < -0.4 is 5.32 Å². The molecule has 1 fully saturated rings. The lowest BCUT2D eigenvalue weighted by molar-refractivity contribution is 0.0512. The van der Waals surface area contributed by atoms with Gasteiger partial charge >= 0.3 is 5.97 Å². The highest BCUT2D eigenvalue weighted by atomic mass is 16.5. The SMILES string of the molecule is CCOC(=O)c1n[nH]c(C2CC(C)CCN2)n1. The summed E-state index contributed by atoms with van der Waals surface area (Å²) in [6.07, 6.45) is 2.19.